The first-order valence-corrected chi connectivity index (χ1v) is 8.82. The molecule has 0 radical (unpaired) electrons. The quantitative estimate of drug-likeness (QED) is 0.848. The highest BCUT2D eigenvalue weighted by Gasteiger charge is 2.46. The van der Waals surface area contributed by atoms with E-state index < -0.39 is 5.60 Å². The maximum Gasteiger partial charge on any atom is 0.257 e. The van der Waals surface area contributed by atoms with Crippen molar-refractivity contribution in [1.82, 2.24) is 20.0 Å². The lowest BCUT2D eigenvalue weighted by Crippen LogP contribution is -2.68. The Balaban J connectivity index is 1.72. The number of fused-ring (bicyclic) bond motifs is 1. The average molecular weight is 358 g/mol. The molecule has 0 atom stereocenters. The summed E-state index contributed by atoms with van der Waals surface area (Å²) in [5.74, 6) is -0.584. The van der Waals surface area contributed by atoms with Crippen molar-refractivity contribution in [3.8, 4) is 5.69 Å². The van der Waals surface area contributed by atoms with E-state index >= 15 is 0 Å². The van der Waals surface area contributed by atoms with E-state index in [-0.39, 0.29) is 30.2 Å². The Kier molecular flexibility index (Phi) is 3.89. The molecule has 0 spiro atoms. The van der Waals surface area contributed by atoms with Crippen molar-refractivity contribution in [3.63, 3.8) is 0 Å². The summed E-state index contributed by atoms with van der Waals surface area (Å²) in [7, 11) is 0. The van der Waals surface area contributed by atoms with E-state index in [0.29, 0.717) is 25.2 Å². The molecule has 26 heavy (non-hydrogen) atoms. The van der Waals surface area contributed by atoms with Crippen LogP contribution in [0.4, 0.5) is 4.39 Å². The van der Waals surface area contributed by atoms with Gasteiger partial charge in [-0.3, -0.25) is 4.79 Å². The van der Waals surface area contributed by atoms with Crippen molar-refractivity contribution >= 4 is 5.91 Å². The van der Waals surface area contributed by atoms with E-state index in [4.69, 9.17) is 0 Å². The predicted octanol–water partition coefficient (Wildman–Crippen LogP) is 1.26. The zero-order chi connectivity index (χ0) is 18.5. The fraction of sp³-hybridized carbons (Fsp3) is 0.474. The average Bonchev–Trinajstić information content (AvgIpc) is 2.86. The van der Waals surface area contributed by atoms with Crippen molar-refractivity contribution in [1.29, 1.82) is 0 Å². The lowest BCUT2D eigenvalue weighted by Gasteiger charge is -2.41. The number of β-amino-alcohol motifs (C(OH)–C–C–N with tert-alkyl or cyclic N) is 1. The van der Waals surface area contributed by atoms with E-state index in [9.17, 15) is 14.3 Å². The molecule has 6 nitrogen and oxygen atoms in total. The van der Waals surface area contributed by atoms with Crippen LogP contribution in [0.1, 0.15) is 25.1 Å². The van der Waals surface area contributed by atoms with E-state index in [0.717, 1.165) is 11.3 Å². The molecule has 0 aliphatic carbocycles. The monoisotopic (exact) mass is 358 g/mol. The third-order valence-corrected chi connectivity index (χ3v) is 5.18. The van der Waals surface area contributed by atoms with Gasteiger partial charge in [0.05, 0.1) is 6.20 Å². The SMILES string of the molecule is CC1(C)Cc2c(cnn2-c2ccccc2F)CN(C(=O)C2(O)CNC2)C1. The first-order valence-electron chi connectivity index (χ1n) is 8.82. The summed E-state index contributed by atoms with van der Waals surface area (Å²) in [4.78, 5) is 14.5. The van der Waals surface area contributed by atoms with Crippen molar-refractivity contribution < 1.29 is 14.3 Å². The second kappa shape index (κ2) is 5.89. The van der Waals surface area contributed by atoms with Gasteiger partial charge in [0.25, 0.3) is 5.91 Å². The molecule has 2 N–H and O–H groups in total. The Morgan fingerprint density at radius 3 is 2.69 bits per heavy atom. The van der Waals surface area contributed by atoms with Crippen LogP contribution in [-0.2, 0) is 17.8 Å². The number of halogens is 1. The van der Waals surface area contributed by atoms with Gasteiger partial charge in [0, 0.05) is 37.4 Å². The molecular formula is C19H23FN4O2. The number of hydrogen-bond donors (Lipinski definition) is 2. The van der Waals surface area contributed by atoms with Crippen molar-refractivity contribution in [3.05, 3.63) is 47.5 Å². The van der Waals surface area contributed by atoms with Gasteiger partial charge in [-0.05, 0) is 24.0 Å². The van der Waals surface area contributed by atoms with Gasteiger partial charge in [-0.25, -0.2) is 9.07 Å². The van der Waals surface area contributed by atoms with Gasteiger partial charge in [0.15, 0.2) is 5.60 Å². The Morgan fingerprint density at radius 1 is 1.31 bits per heavy atom. The number of nitrogens with zero attached hydrogens (tertiary/aromatic N) is 3. The molecule has 2 aliphatic heterocycles. The van der Waals surface area contributed by atoms with Crippen LogP contribution in [0, 0.1) is 11.2 Å². The number of aliphatic hydroxyl groups is 1. The zero-order valence-corrected chi connectivity index (χ0v) is 15.0. The first kappa shape index (κ1) is 17.2. The highest BCUT2D eigenvalue weighted by Crippen LogP contribution is 2.33. The van der Waals surface area contributed by atoms with Gasteiger partial charge >= 0.3 is 0 Å². The van der Waals surface area contributed by atoms with Gasteiger partial charge in [-0.2, -0.15) is 5.10 Å². The summed E-state index contributed by atoms with van der Waals surface area (Å²) in [5.41, 5.74) is 0.669. The van der Waals surface area contributed by atoms with Crippen LogP contribution < -0.4 is 5.32 Å². The van der Waals surface area contributed by atoms with Crippen LogP contribution in [0.3, 0.4) is 0 Å². The topological polar surface area (TPSA) is 70.4 Å². The van der Waals surface area contributed by atoms with Crippen LogP contribution in [0.2, 0.25) is 0 Å². The largest absolute Gasteiger partial charge is 0.377 e. The molecule has 2 aliphatic rings. The van der Waals surface area contributed by atoms with E-state index in [1.807, 2.05) is 0 Å². The lowest BCUT2D eigenvalue weighted by molar-refractivity contribution is -0.158. The van der Waals surface area contributed by atoms with Gasteiger partial charge in [-0.1, -0.05) is 26.0 Å². The Hall–Kier alpha value is -2.25. The molecule has 3 heterocycles. The molecule has 0 saturated carbocycles. The van der Waals surface area contributed by atoms with Crippen LogP contribution >= 0.6 is 0 Å². The normalized spacial score (nSPS) is 20.8. The van der Waals surface area contributed by atoms with E-state index in [1.165, 1.54) is 6.07 Å². The third kappa shape index (κ3) is 2.81. The predicted molar refractivity (Wildman–Crippen MR) is 94.2 cm³/mol. The number of carbonyl (C=O) groups excluding carboxylic acids is 1. The fourth-order valence-corrected chi connectivity index (χ4v) is 3.80. The number of para-hydroxylation sites is 1. The number of nitrogens with one attached hydrogen (secondary N) is 1. The minimum absolute atomic E-state index is 0.225. The molecule has 1 fully saturated rings. The molecule has 1 amide bonds. The second-order valence-corrected chi connectivity index (χ2v) is 8.12. The minimum atomic E-state index is -1.32. The number of rotatable bonds is 2. The standard InChI is InChI=1S/C19H23FN4O2/c1-18(2)7-16-13(8-22-24(16)15-6-4-3-5-14(15)20)9-23(12-18)17(25)19(26)10-21-11-19/h3-6,8,21,26H,7,9-12H2,1-2H3. The van der Waals surface area contributed by atoms with E-state index in [2.05, 4.69) is 24.3 Å². The van der Waals surface area contributed by atoms with Crippen LogP contribution in [0.15, 0.2) is 30.5 Å². The molecule has 1 aromatic carbocycles. The Morgan fingerprint density at radius 2 is 2.04 bits per heavy atom. The van der Waals surface area contributed by atoms with E-state index in [1.54, 1.807) is 34.0 Å². The highest BCUT2D eigenvalue weighted by atomic mass is 19.1. The summed E-state index contributed by atoms with van der Waals surface area (Å²) < 4.78 is 15.9. The van der Waals surface area contributed by atoms with Crippen LogP contribution in [0.25, 0.3) is 5.69 Å². The number of amides is 1. The third-order valence-electron chi connectivity index (χ3n) is 5.18. The Labute approximate surface area is 151 Å². The van der Waals surface area contributed by atoms with Gasteiger partial charge < -0.3 is 15.3 Å². The minimum Gasteiger partial charge on any atom is -0.377 e. The first-order chi connectivity index (χ1) is 12.3. The molecule has 138 valence electrons. The maximum absolute atomic E-state index is 14.3. The summed E-state index contributed by atoms with van der Waals surface area (Å²) in [6.07, 6.45) is 2.36. The number of aromatic nitrogens is 2. The molecule has 1 saturated heterocycles. The van der Waals surface area contributed by atoms with Crippen LogP contribution in [-0.4, -0.2) is 50.9 Å². The summed E-state index contributed by atoms with van der Waals surface area (Å²) in [6.45, 7) is 5.61. The van der Waals surface area contributed by atoms with Crippen molar-refractivity contribution in [2.75, 3.05) is 19.6 Å². The molecule has 7 heteroatoms. The highest BCUT2D eigenvalue weighted by molar-refractivity contribution is 5.86. The Bertz CT molecular complexity index is 857. The van der Waals surface area contributed by atoms with Gasteiger partial charge in [0.2, 0.25) is 0 Å². The molecule has 2 aromatic rings. The van der Waals surface area contributed by atoms with Crippen molar-refractivity contribution in [2.45, 2.75) is 32.4 Å². The molecule has 0 bridgehead atoms. The van der Waals surface area contributed by atoms with Gasteiger partial charge in [-0.15, -0.1) is 0 Å². The second-order valence-electron chi connectivity index (χ2n) is 8.12. The van der Waals surface area contributed by atoms with Gasteiger partial charge in [0.1, 0.15) is 11.5 Å². The summed E-state index contributed by atoms with van der Waals surface area (Å²) in [6, 6.07) is 6.55. The number of benzene rings is 1. The van der Waals surface area contributed by atoms with Crippen molar-refractivity contribution in [2.24, 2.45) is 5.41 Å². The molecule has 1 aromatic heterocycles. The molecule has 0 unspecified atom stereocenters. The molecular weight excluding hydrogens is 335 g/mol. The number of hydrogen-bond acceptors (Lipinski definition) is 4. The van der Waals surface area contributed by atoms with Crippen LogP contribution in [0.5, 0.6) is 0 Å². The fourth-order valence-electron chi connectivity index (χ4n) is 3.80. The zero-order valence-electron chi connectivity index (χ0n) is 15.0. The molecule has 4 rings (SSSR count). The summed E-state index contributed by atoms with van der Waals surface area (Å²) in [5, 5.41) is 17.8. The lowest BCUT2D eigenvalue weighted by atomic mass is 9.87. The summed E-state index contributed by atoms with van der Waals surface area (Å²) >= 11 is 0. The smallest absolute Gasteiger partial charge is 0.257 e. The number of carbonyl (C=O) groups is 1. The maximum atomic E-state index is 14.3.